The van der Waals surface area contributed by atoms with E-state index in [1.54, 1.807) is 0 Å². The molecule has 1 aliphatic heterocycles. The van der Waals surface area contributed by atoms with Crippen molar-refractivity contribution in [1.82, 2.24) is 25.2 Å². The van der Waals surface area contributed by atoms with Crippen molar-refractivity contribution in [2.45, 2.75) is 38.6 Å². The fourth-order valence-corrected chi connectivity index (χ4v) is 5.09. The van der Waals surface area contributed by atoms with Crippen molar-refractivity contribution < 1.29 is 14.1 Å². The number of aryl methyl sites for hydroxylation is 1. The molecular formula is C29H35N5O3. The van der Waals surface area contributed by atoms with Crippen molar-refractivity contribution in [2.75, 3.05) is 39.8 Å². The molecule has 37 heavy (non-hydrogen) atoms. The van der Waals surface area contributed by atoms with Crippen LogP contribution in [0.1, 0.15) is 51.6 Å². The van der Waals surface area contributed by atoms with Crippen LogP contribution in [0.5, 0.6) is 0 Å². The third-order valence-electron chi connectivity index (χ3n) is 7.24. The number of carbonyl (C=O) groups excluding carboxylic acids is 1. The molecule has 5 rings (SSSR count). The van der Waals surface area contributed by atoms with E-state index < -0.39 is 0 Å². The van der Waals surface area contributed by atoms with Crippen molar-refractivity contribution in [2.24, 2.45) is 0 Å². The van der Waals surface area contributed by atoms with E-state index in [0.29, 0.717) is 18.2 Å². The Labute approximate surface area is 217 Å². The zero-order valence-electron chi connectivity index (χ0n) is 21.7. The highest BCUT2D eigenvalue weighted by Crippen LogP contribution is 2.32. The smallest absolute Gasteiger partial charge is 0.358 e. The molecule has 0 saturated carbocycles. The fourth-order valence-electron chi connectivity index (χ4n) is 5.09. The number of para-hydroxylation sites is 1. The number of carbonyl (C=O) groups is 1. The monoisotopic (exact) mass is 501 g/mol. The minimum Gasteiger partial charge on any atom is -0.464 e. The van der Waals surface area contributed by atoms with E-state index in [-0.39, 0.29) is 5.97 Å². The van der Waals surface area contributed by atoms with Gasteiger partial charge in [0.2, 0.25) is 0 Å². The van der Waals surface area contributed by atoms with Gasteiger partial charge in [0.25, 0.3) is 0 Å². The van der Waals surface area contributed by atoms with Crippen LogP contribution >= 0.6 is 0 Å². The average Bonchev–Trinajstić information content (AvgIpc) is 3.54. The van der Waals surface area contributed by atoms with Gasteiger partial charge in [-0.3, -0.25) is 4.68 Å². The van der Waals surface area contributed by atoms with Gasteiger partial charge in [-0.1, -0.05) is 47.1 Å². The largest absolute Gasteiger partial charge is 0.464 e. The number of rotatable bonds is 10. The highest BCUT2D eigenvalue weighted by molar-refractivity contribution is 5.88. The van der Waals surface area contributed by atoms with Crippen LogP contribution < -0.4 is 5.32 Å². The first kappa shape index (κ1) is 25.2. The Morgan fingerprint density at radius 3 is 2.68 bits per heavy atom. The number of hydrogen-bond donors (Lipinski definition) is 1. The fraction of sp³-hybridized carbons (Fsp3) is 0.414. The number of fused-ring (bicyclic) bond motifs is 1. The van der Waals surface area contributed by atoms with Crippen molar-refractivity contribution in [3.05, 3.63) is 82.8 Å². The Kier molecular flexibility index (Phi) is 7.96. The van der Waals surface area contributed by atoms with Gasteiger partial charge in [0.15, 0.2) is 11.3 Å². The molecule has 0 radical (unpaired) electrons. The number of nitrogens with one attached hydrogen (secondary N) is 1. The van der Waals surface area contributed by atoms with Gasteiger partial charge in [0, 0.05) is 36.2 Å². The lowest BCUT2D eigenvalue weighted by molar-refractivity contribution is 0.0592. The van der Waals surface area contributed by atoms with Gasteiger partial charge in [-0.15, -0.1) is 0 Å². The summed E-state index contributed by atoms with van der Waals surface area (Å²) in [7, 11) is 1.40. The Morgan fingerprint density at radius 1 is 1.11 bits per heavy atom. The maximum absolute atomic E-state index is 12.3. The molecule has 8 heteroatoms. The number of benzene rings is 2. The quantitative estimate of drug-likeness (QED) is 0.258. The number of methoxy groups -OCH3 is 1. The summed E-state index contributed by atoms with van der Waals surface area (Å²) in [6.45, 7) is 7.50. The molecule has 2 aromatic carbocycles. The Morgan fingerprint density at radius 2 is 1.89 bits per heavy atom. The van der Waals surface area contributed by atoms with Gasteiger partial charge < -0.3 is 19.5 Å². The summed E-state index contributed by atoms with van der Waals surface area (Å²) in [4.78, 5) is 14.8. The highest BCUT2D eigenvalue weighted by atomic mass is 16.5. The molecule has 4 aromatic rings. The molecule has 8 nitrogen and oxygen atoms in total. The zero-order valence-corrected chi connectivity index (χ0v) is 21.7. The van der Waals surface area contributed by atoms with E-state index in [4.69, 9.17) is 9.26 Å². The van der Waals surface area contributed by atoms with Gasteiger partial charge in [-0.05, 0) is 63.5 Å². The zero-order chi connectivity index (χ0) is 25.6. The summed E-state index contributed by atoms with van der Waals surface area (Å²) < 4.78 is 12.3. The minimum atomic E-state index is -0.389. The molecule has 0 unspecified atom stereocenters. The maximum Gasteiger partial charge on any atom is 0.358 e. The third kappa shape index (κ3) is 6.09. The molecular weight excluding hydrogens is 466 g/mol. The summed E-state index contributed by atoms with van der Waals surface area (Å²) in [5.41, 5.74) is 5.66. The van der Waals surface area contributed by atoms with Crippen LogP contribution in [0.15, 0.2) is 59.3 Å². The SMILES string of the molecule is COC(=O)c1nn(Cc2ccc(C)cc2)cc1CCNCCN1CCC(c2noc3ccccc23)CC1. The van der Waals surface area contributed by atoms with E-state index in [2.05, 4.69) is 57.7 Å². The topological polar surface area (TPSA) is 85.4 Å². The predicted octanol–water partition coefficient (Wildman–Crippen LogP) is 4.18. The van der Waals surface area contributed by atoms with E-state index in [0.717, 1.165) is 79.8 Å². The molecule has 194 valence electrons. The van der Waals surface area contributed by atoms with Gasteiger partial charge in [-0.2, -0.15) is 5.10 Å². The molecule has 0 spiro atoms. The number of piperidine rings is 1. The maximum atomic E-state index is 12.3. The van der Waals surface area contributed by atoms with Crippen LogP contribution in [-0.2, 0) is 17.7 Å². The van der Waals surface area contributed by atoms with Crippen molar-refractivity contribution in [1.29, 1.82) is 0 Å². The van der Waals surface area contributed by atoms with Crippen LogP contribution in [0.3, 0.4) is 0 Å². The number of ether oxygens (including phenoxy) is 1. The van der Waals surface area contributed by atoms with Crippen LogP contribution in [0.25, 0.3) is 11.0 Å². The lowest BCUT2D eigenvalue weighted by atomic mass is 9.91. The molecule has 0 bridgehead atoms. The Balaban J connectivity index is 1.07. The van der Waals surface area contributed by atoms with Gasteiger partial charge in [0.05, 0.1) is 19.3 Å². The highest BCUT2D eigenvalue weighted by Gasteiger charge is 2.24. The molecule has 0 amide bonds. The molecule has 1 aliphatic rings. The molecule has 1 N–H and O–H groups in total. The summed E-state index contributed by atoms with van der Waals surface area (Å²) >= 11 is 0. The van der Waals surface area contributed by atoms with Crippen molar-refractivity contribution in [3.63, 3.8) is 0 Å². The summed E-state index contributed by atoms with van der Waals surface area (Å²) in [6, 6.07) is 16.5. The Bertz CT molecular complexity index is 1320. The first-order valence-electron chi connectivity index (χ1n) is 13.1. The molecule has 2 aromatic heterocycles. The second kappa shape index (κ2) is 11.7. The number of hydrogen-bond acceptors (Lipinski definition) is 7. The second-order valence-electron chi connectivity index (χ2n) is 9.86. The lowest BCUT2D eigenvalue weighted by Crippen LogP contribution is -2.38. The van der Waals surface area contributed by atoms with E-state index in [1.165, 1.54) is 12.7 Å². The predicted molar refractivity (Wildman–Crippen MR) is 143 cm³/mol. The summed E-state index contributed by atoms with van der Waals surface area (Å²) in [5.74, 6) is 0.0708. The normalized spacial score (nSPS) is 14.9. The van der Waals surface area contributed by atoms with Crippen LogP contribution in [0.2, 0.25) is 0 Å². The number of nitrogens with zero attached hydrogens (tertiary/aromatic N) is 4. The van der Waals surface area contributed by atoms with Crippen molar-refractivity contribution >= 4 is 16.9 Å². The van der Waals surface area contributed by atoms with Crippen LogP contribution in [0, 0.1) is 6.92 Å². The Hall–Kier alpha value is -3.49. The van der Waals surface area contributed by atoms with Crippen molar-refractivity contribution in [3.8, 4) is 0 Å². The van der Waals surface area contributed by atoms with Crippen LogP contribution in [-0.4, -0.2) is 65.6 Å². The number of likely N-dealkylation sites (tertiary alicyclic amines) is 1. The molecule has 0 atom stereocenters. The van der Waals surface area contributed by atoms with Gasteiger partial charge in [0.1, 0.15) is 0 Å². The number of aromatic nitrogens is 3. The molecule has 3 heterocycles. The van der Waals surface area contributed by atoms with E-state index in [9.17, 15) is 4.79 Å². The van der Waals surface area contributed by atoms with Crippen LogP contribution in [0.4, 0.5) is 0 Å². The summed E-state index contributed by atoms with van der Waals surface area (Å²) in [6.07, 6.45) is 4.88. The first-order chi connectivity index (χ1) is 18.1. The second-order valence-corrected chi connectivity index (χ2v) is 9.86. The van der Waals surface area contributed by atoms with E-state index in [1.807, 2.05) is 29.1 Å². The lowest BCUT2D eigenvalue weighted by Gasteiger charge is -2.31. The number of esters is 1. The van der Waals surface area contributed by atoms with Gasteiger partial charge >= 0.3 is 5.97 Å². The minimum absolute atomic E-state index is 0.389. The van der Waals surface area contributed by atoms with Gasteiger partial charge in [-0.25, -0.2) is 4.79 Å². The molecule has 0 aliphatic carbocycles. The standard InChI is InChI=1S/C29H35N5O3/c1-21-7-9-22(10-8-21)19-34-20-24(28(31-34)29(35)36-2)11-14-30-15-18-33-16-12-23(13-17-33)27-25-5-3-4-6-26(25)37-32-27/h3-10,20,23,30H,11-19H2,1-2H3. The molecule has 1 fully saturated rings. The average molecular weight is 502 g/mol. The summed E-state index contributed by atoms with van der Waals surface area (Å²) in [5, 5.41) is 13.6. The van der Waals surface area contributed by atoms with E-state index >= 15 is 0 Å². The third-order valence-corrected chi connectivity index (χ3v) is 7.24. The first-order valence-corrected chi connectivity index (χ1v) is 13.1. The molecule has 1 saturated heterocycles.